The SMILES string of the molecule is Cc1c(-c2cc3cc(N(C(=O)O)[C@@H]4COC[C@H]4C)ncc3c(N)c2F)cnc2c1NC(=O)CO2. The average Bonchev–Trinajstić information content (AvgIpc) is 3.22. The fourth-order valence-corrected chi connectivity index (χ4v) is 4.42. The van der Waals surface area contributed by atoms with Crippen LogP contribution in [0.1, 0.15) is 12.5 Å². The predicted molar refractivity (Wildman–Crippen MR) is 122 cm³/mol. The maximum Gasteiger partial charge on any atom is 0.413 e. The molecule has 0 unspecified atom stereocenters. The van der Waals surface area contributed by atoms with Crippen molar-refractivity contribution in [2.75, 3.05) is 35.8 Å². The van der Waals surface area contributed by atoms with Crippen LogP contribution in [0.4, 0.5) is 26.4 Å². The van der Waals surface area contributed by atoms with Crippen molar-refractivity contribution >= 4 is 40.0 Å². The van der Waals surface area contributed by atoms with Gasteiger partial charge in [-0.15, -0.1) is 0 Å². The molecule has 0 saturated carbocycles. The van der Waals surface area contributed by atoms with Crippen molar-refractivity contribution in [2.24, 2.45) is 5.92 Å². The van der Waals surface area contributed by atoms with E-state index in [1.54, 1.807) is 19.1 Å². The van der Waals surface area contributed by atoms with Gasteiger partial charge < -0.3 is 25.6 Å². The molecule has 1 saturated heterocycles. The lowest BCUT2D eigenvalue weighted by molar-refractivity contribution is -0.118. The second-order valence-electron chi connectivity index (χ2n) is 8.46. The molecule has 1 aromatic carbocycles. The van der Waals surface area contributed by atoms with Crippen molar-refractivity contribution in [1.29, 1.82) is 0 Å². The minimum atomic E-state index is -1.16. The summed E-state index contributed by atoms with van der Waals surface area (Å²) in [5.74, 6) is -0.554. The van der Waals surface area contributed by atoms with Gasteiger partial charge in [0.15, 0.2) is 12.4 Å². The first kappa shape index (κ1) is 21.8. The van der Waals surface area contributed by atoms with E-state index in [0.717, 1.165) is 0 Å². The van der Waals surface area contributed by atoms with Crippen molar-refractivity contribution in [1.82, 2.24) is 9.97 Å². The molecule has 2 aliphatic heterocycles. The van der Waals surface area contributed by atoms with Crippen LogP contribution in [-0.2, 0) is 9.53 Å². The minimum absolute atomic E-state index is 0.0101. The Bertz CT molecular complexity index is 1350. The summed E-state index contributed by atoms with van der Waals surface area (Å²) in [5, 5.41) is 13.4. The van der Waals surface area contributed by atoms with E-state index in [1.165, 1.54) is 17.3 Å². The normalized spacial score (nSPS) is 19.4. The van der Waals surface area contributed by atoms with Gasteiger partial charge in [-0.1, -0.05) is 6.92 Å². The Morgan fingerprint density at radius 1 is 1.26 bits per heavy atom. The monoisotopic (exact) mass is 467 g/mol. The molecule has 4 heterocycles. The summed E-state index contributed by atoms with van der Waals surface area (Å²) < 4.78 is 26.1. The number of ether oxygens (including phenoxy) is 2. The van der Waals surface area contributed by atoms with Crippen molar-refractivity contribution in [3.8, 4) is 17.0 Å². The summed E-state index contributed by atoms with van der Waals surface area (Å²) in [4.78, 5) is 33.5. The Labute approximate surface area is 193 Å². The number of nitrogens with one attached hydrogen (secondary N) is 1. The number of carboxylic acid groups (broad SMARTS) is 1. The number of rotatable bonds is 3. The zero-order valence-electron chi connectivity index (χ0n) is 18.5. The number of carbonyl (C=O) groups excluding carboxylic acids is 1. The fourth-order valence-electron chi connectivity index (χ4n) is 4.42. The molecular formula is C23H22FN5O5. The third kappa shape index (κ3) is 3.45. The van der Waals surface area contributed by atoms with Gasteiger partial charge in [-0.2, -0.15) is 0 Å². The third-order valence-corrected chi connectivity index (χ3v) is 6.29. The highest BCUT2D eigenvalue weighted by Crippen LogP contribution is 2.40. The molecule has 34 heavy (non-hydrogen) atoms. The molecule has 11 heteroatoms. The third-order valence-electron chi connectivity index (χ3n) is 6.29. The number of nitrogens with two attached hydrogens (primary N) is 1. The number of anilines is 3. The first-order chi connectivity index (χ1) is 16.3. The molecule has 5 rings (SSSR count). The van der Waals surface area contributed by atoms with Gasteiger partial charge in [0.25, 0.3) is 5.91 Å². The number of amides is 2. The number of nitrogen functional groups attached to an aromatic ring is 1. The summed E-state index contributed by atoms with van der Waals surface area (Å²) in [7, 11) is 0. The zero-order chi connectivity index (χ0) is 24.1. The standard InChI is InChI=1S/C23H22FN5O5/c1-10-7-33-8-16(10)29(23(31)32)17-4-12-3-13(19(24)20(25)15(12)6-26-17)14-5-27-22-21(11(14)2)28-18(30)9-34-22/h3-6,10,16H,7-9,25H2,1-2H3,(H,28,30)(H,31,32)/t10-,16-/m1/s1. The molecule has 10 nitrogen and oxygen atoms in total. The summed E-state index contributed by atoms with van der Waals surface area (Å²) in [5.41, 5.74) is 7.51. The number of fused-ring (bicyclic) bond motifs is 2. The van der Waals surface area contributed by atoms with Gasteiger partial charge in [-0.05, 0) is 30.0 Å². The van der Waals surface area contributed by atoms with E-state index >= 15 is 4.39 Å². The lowest BCUT2D eigenvalue weighted by Crippen LogP contribution is -2.43. The molecule has 0 spiro atoms. The van der Waals surface area contributed by atoms with E-state index in [4.69, 9.17) is 15.2 Å². The van der Waals surface area contributed by atoms with Gasteiger partial charge in [-0.25, -0.2) is 19.2 Å². The first-order valence-corrected chi connectivity index (χ1v) is 10.7. The van der Waals surface area contributed by atoms with Crippen LogP contribution in [0.2, 0.25) is 0 Å². The lowest BCUT2D eigenvalue weighted by atomic mass is 9.97. The van der Waals surface area contributed by atoms with Crippen molar-refractivity contribution in [3.05, 3.63) is 35.9 Å². The van der Waals surface area contributed by atoms with E-state index in [0.29, 0.717) is 34.2 Å². The number of benzene rings is 1. The Morgan fingerprint density at radius 3 is 2.76 bits per heavy atom. The van der Waals surface area contributed by atoms with Crippen LogP contribution in [0.15, 0.2) is 24.5 Å². The van der Waals surface area contributed by atoms with Crippen LogP contribution in [0, 0.1) is 18.7 Å². The van der Waals surface area contributed by atoms with Gasteiger partial charge in [-0.3, -0.25) is 9.69 Å². The number of nitrogens with zero attached hydrogens (tertiary/aromatic N) is 3. The highest BCUT2D eigenvalue weighted by Gasteiger charge is 2.35. The molecule has 0 radical (unpaired) electrons. The zero-order valence-corrected chi connectivity index (χ0v) is 18.5. The molecular weight excluding hydrogens is 445 g/mol. The predicted octanol–water partition coefficient (Wildman–Crippen LogP) is 3.18. The Balaban J connectivity index is 1.65. The van der Waals surface area contributed by atoms with Crippen LogP contribution in [0.5, 0.6) is 5.88 Å². The maximum absolute atomic E-state index is 15.4. The number of hydrogen-bond donors (Lipinski definition) is 3. The Morgan fingerprint density at radius 2 is 2.06 bits per heavy atom. The number of hydrogen-bond acceptors (Lipinski definition) is 7. The second kappa shape index (κ2) is 8.10. The van der Waals surface area contributed by atoms with Crippen LogP contribution in [0.25, 0.3) is 21.9 Å². The number of carbonyl (C=O) groups is 2. The van der Waals surface area contributed by atoms with E-state index in [9.17, 15) is 14.7 Å². The molecule has 1 fully saturated rings. The number of pyridine rings is 2. The summed E-state index contributed by atoms with van der Waals surface area (Å²) in [6.07, 6.45) is 1.67. The number of halogens is 1. The molecule has 0 aliphatic carbocycles. The van der Waals surface area contributed by atoms with Crippen LogP contribution < -0.4 is 20.7 Å². The van der Waals surface area contributed by atoms with Gasteiger partial charge in [0.2, 0.25) is 5.88 Å². The van der Waals surface area contributed by atoms with Gasteiger partial charge in [0, 0.05) is 34.8 Å². The van der Waals surface area contributed by atoms with Crippen LogP contribution in [0.3, 0.4) is 0 Å². The fraction of sp³-hybridized carbons (Fsp3) is 0.304. The summed E-state index contributed by atoms with van der Waals surface area (Å²) >= 11 is 0. The van der Waals surface area contributed by atoms with Crippen molar-refractivity contribution in [3.63, 3.8) is 0 Å². The highest BCUT2D eigenvalue weighted by molar-refractivity contribution is 6.01. The average molecular weight is 467 g/mol. The van der Waals surface area contributed by atoms with Gasteiger partial charge >= 0.3 is 6.09 Å². The first-order valence-electron chi connectivity index (χ1n) is 10.7. The molecule has 2 aliphatic rings. The molecule has 2 aromatic heterocycles. The largest absolute Gasteiger partial charge is 0.466 e. The van der Waals surface area contributed by atoms with Crippen LogP contribution >= 0.6 is 0 Å². The number of aromatic nitrogens is 2. The highest BCUT2D eigenvalue weighted by atomic mass is 19.1. The van der Waals surface area contributed by atoms with E-state index < -0.39 is 18.0 Å². The second-order valence-corrected chi connectivity index (χ2v) is 8.46. The minimum Gasteiger partial charge on any atom is -0.466 e. The van der Waals surface area contributed by atoms with Crippen molar-refractivity contribution in [2.45, 2.75) is 19.9 Å². The molecule has 2 atom stereocenters. The quantitative estimate of drug-likeness (QED) is 0.499. The summed E-state index contributed by atoms with van der Waals surface area (Å²) in [6.45, 7) is 4.20. The van der Waals surface area contributed by atoms with Gasteiger partial charge in [0.1, 0.15) is 11.5 Å². The summed E-state index contributed by atoms with van der Waals surface area (Å²) in [6, 6.07) is 2.75. The van der Waals surface area contributed by atoms with Gasteiger partial charge in [0.05, 0.1) is 24.9 Å². The molecule has 4 N–H and O–H groups in total. The Kier molecular flexibility index (Phi) is 5.20. The van der Waals surface area contributed by atoms with Crippen molar-refractivity contribution < 1.29 is 28.6 Å². The molecule has 176 valence electrons. The molecule has 3 aromatic rings. The van der Waals surface area contributed by atoms with E-state index in [-0.39, 0.29) is 48.0 Å². The van der Waals surface area contributed by atoms with E-state index in [1.807, 2.05) is 6.92 Å². The van der Waals surface area contributed by atoms with Crippen LogP contribution in [-0.4, -0.2) is 52.9 Å². The lowest BCUT2D eigenvalue weighted by Gasteiger charge is -2.27. The molecule has 2 amide bonds. The maximum atomic E-state index is 15.4. The molecule has 0 bridgehead atoms. The topological polar surface area (TPSA) is 140 Å². The Hall–Kier alpha value is -3.99. The van der Waals surface area contributed by atoms with E-state index in [2.05, 4.69) is 15.3 Å². The smallest absolute Gasteiger partial charge is 0.413 e.